The van der Waals surface area contributed by atoms with Crippen molar-refractivity contribution in [1.29, 1.82) is 0 Å². The third-order valence-corrected chi connectivity index (χ3v) is 4.34. The molecule has 2 rings (SSSR count). The van der Waals surface area contributed by atoms with E-state index >= 15 is 0 Å². The van der Waals surface area contributed by atoms with Crippen molar-refractivity contribution in [3.05, 3.63) is 0 Å². The highest BCUT2D eigenvalue weighted by Crippen LogP contribution is 2.24. The van der Waals surface area contributed by atoms with Gasteiger partial charge in [-0.25, -0.2) is 0 Å². The van der Waals surface area contributed by atoms with E-state index in [9.17, 15) is 4.79 Å². The summed E-state index contributed by atoms with van der Waals surface area (Å²) in [5.41, 5.74) is -0.194. The van der Waals surface area contributed by atoms with Crippen LogP contribution in [0.5, 0.6) is 0 Å². The van der Waals surface area contributed by atoms with Gasteiger partial charge >= 0.3 is 0 Å². The maximum Gasteiger partial charge on any atom is 0.228 e. The molecule has 1 amide bonds. The van der Waals surface area contributed by atoms with Crippen molar-refractivity contribution in [2.45, 2.75) is 33.2 Å². The van der Waals surface area contributed by atoms with E-state index in [0.717, 1.165) is 45.7 Å². The van der Waals surface area contributed by atoms with E-state index in [1.807, 2.05) is 4.90 Å². The molecule has 2 fully saturated rings. The van der Waals surface area contributed by atoms with Crippen LogP contribution in [-0.2, 0) is 4.79 Å². The Labute approximate surface area is 104 Å². The number of carbonyl (C=O) groups is 1. The molecule has 4 nitrogen and oxygen atoms in total. The van der Waals surface area contributed by atoms with Crippen molar-refractivity contribution in [2.24, 2.45) is 5.41 Å². The average molecular weight is 239 g/mol. The standard InChI is InChI=1S/C13H25N3O/c1-4-13(2,3)12(17)16-7-5-15(6-8-16)11-9-14-10-11/h11,14H,4-10H2,1-3H3. The Balaban J connectivity index is 1.84. The number of hydrogen-bond donors (Lipinski definition) is 1. The summed E-state index contributed by atoms with van der Waals surface area (Å²) in [5.74, 6) is 0.325. The molecular weight excluding hydrogens is 214 g/mol. The zero-order valence-electron chi connectivity index (χ0n) is 11.3. The molecule has 0 aromatic rings. The van der Waals surface area contributed by atoms with Gasteiger partial charge in [-0.3, -0.25) is 9.69 Å². The maximum absolute atomic E-state index is 12.3. The third kappa shape index (κ3) is 2.63. The first-order valence-corrected chi connectivity index (χ1v) is 6.79. The van der Waals surface area contributed by atoms with Crippen molar-refractivity contribution >= 4 is 5.91 Å². The number of piperazine rings is 1. The highest BCUT2D eigenvalue weighted by Gasteiger charge is 2.34. The second-order valence-electron chi connectivity index (χ2n) is 5.88. The molecule has 0 aliphatic carbocycles. The van der Waals surface area contributed by atoms with Gasteiger partial charge in [0.05, 0.1) is 0 Å². The third-order valence-electron chi connectivity index (χ3n) is 4.34. The van der Waals surface area contributed by atoms with Gasteiger partial charge in [-0.05, 0) is 6.42 Å². The Bertz CT molecular complexity index is 278. The lowest BCUT2D eigenvalue weighted by Gasteiger charge is -2.44. The van der Waals surface area contributed by atoms with Gasteiger partial charge in [0.25, 0.3) is 0 Å². The Morgan fingerprint density at radius 2 is 1.82 bits per heavy atom. The normalized spacial score (nSPS) is 23.6. The summed E-state index contributed by atoms with van der Waals surface area (Å²) in [4.78, 5) is 16.9. The van der Waals surface area contributed by atoms with E-state index in [1.165, 1.54) is 0 Å². The Morgan fingerprint density at radius 1 is 1.24 bits per heavy atom. The molecule has 0 unspecified atom stereocenters. The SMILES string of the molecule is CCC(C)(C)C(=O)N1CCN(C2CNC2)CC1. The van der Waals surface area contributed by atoms with Gasteiger partial charge in [0.15, 0.2) is 0 Å². The maximum atomic E-state index is 12.3. The Morgan fingerprint density at radius 3 is 2.24 bits per heavy atom. The van der Waals surface area contributed by atoms with Crippen LogP contribution in [0.3, 0.4) is 0 Å². The summed E-state index contributed by atoms with van der Waals surface area (Å²) < 4.78 is 0. The molecule has 0 saturated carbocycles. The summed E-state index contributed by atoms with van der Waals surface area (Å²) in [6.45, 7) is 12.3. The molecule has 0 aromatic heterocycles. The summed E-state index contributed by atoms with van der Waals surface area (Å²) >= 11 is 0. The number of hydrogen-bond acceptors (Lipinski definition) is 3. The molecule has 17 heavy (non-hydrogen) atoms. The van der Waals surface area contributed by atoms with Crippen LogP contribution in [0.25, 0.3) is 0 Å². The van der Waals surface area contributed by atoms with Crippen LogP contribution >= 0.6 is 0 Å². The molecule has 2 aliphatic rings. The largest absolute Gasteiger partial charge is 0.340 e. The van der Waals surface area contributed by atoms with Crippen LogP contribution in [0.1, 0.15) is 27.2 Å². The molecular formula is C13H25N3O. The van der Waals surface area contributed by atoms with Crippen molar-refractivity contribution in [1.82, 2.24) is 15.1 Å². The predicted octanol–water partition coefficient (Wildman–Crippen LogP) is 0.539. The predicted molar refractivity (Wildman–Crippen MR) is 68.9 cm³/mol. The molecule has 0 radical (unpaired) electrons. The van der Waals surface area contributed by atoms with Crippen molar-refractivity contribution in [2.75, 3.05) is 39.3 Å². The van der Waals surface area contributed by atoms with Crippen LogP contribution in [0.2, 0.25) is 0 Å². The Kier molecular flexibility index (Phi) is 3.73. The second-order valence-corrected chi connectivity index (χ2v) is 5.88. The fourth-order valence-electron chi connectivity index (χ4n) is 2.40. The van der Waals surface area contributed by atoms with E-state index in [0.29, 0.717) is 11.9 Å². The minimum atomic E-state index is -0.194. The lowest BCUT2D eigenvalue weighted by Crippen LogP contribution is -2.62. The number of carbonyl (C=O) groups excluding carboxylic acids is 1. The molecule has 0 atom stereocenters. The van der Waals surface area contributed by atoms with Crippen molar-refractivity contribution in [3.8, 4) is 0 Å². The van der Waals surface area contributed by atoms with E-state index in [2.05, 4.69) is 31.0 Å². The monoisotopic (exact) mass is 239 g/mol. The molecule has 2 heterocycles. The minimum absolute atomic E-state index is 0.194. The topological polar surface area (TPSA) is 35.6 Å². The summed E-state index contributed by atoms with van der Waals surface area (Å²) in [6, 6.07) is 0.714. The molecule has 0 bridgehead atoms. The zero-order chi connectivity index (χ0) is 12.5. The molecule has 4 heteroatoms. The molecule has 0 aromatic carbocycles. The number of nitrogens with one attached hydrogen (secondary N) is 1. The first-order valence-electron chi connectivity index (χ1n) is 6.79. The first kappa shape index (κ1) is 12.8. The molecule has 2 aliphatic heterocycles. The minimum Gasteiger partial charge on any atom is -0.340 e. The van der Waals surface area contributed by atoms with Gasteiger partial charge in [-0.2, -0.15) is 0 Å². The molecule has 2 saturated heterocycles. The highest BCUT2D eigenvalue weighted by atomic mass is 16.2. The van der Waals surface area contributed by atoms with Gasteiger partial charge < -0.3 is 10.2 Å². The second kappa shape index (κ2) is 4.94. The smallest absolute Gasteiger partial charge is 0.228 e. The number of nitrogens with zero attached hydrogens (tertiary/aromatic N) is 2. The van der Waals surface area contributed by atoms with Crippen LogP contribution in [0.15, 0.2) is 0 Å². The van der Waals surface area contributed by atoms with E-state index < -0.39 is 0 Å². The van der Waals surface area contributed by atoms with Crippen molar-refractivity contribution < 1.29 is 4.79 Å². The first-order chi connectivity index (χ1) is 8.04. The lowest BCUT2D eigenvalue weighted by atomic mass is 9.88. The fraction of sp³-hybridized carbons (Fsp3) is 0.923. The summed E-state index contributed by atoms with van der Waals surface area (Å²) in [7, 11) is 0. The highest BCUT2D eigenvalue weighted by molar-refractivity contribution is 5.82. The van der Waals surface area contributed by atoms with Crippen LogP contribution < -0.4 is 5.32 Å². The molecule has 98 valence electrons. The zero-order valence-corrected chi connectivity index (χ0v) is 11.3. The van der Waals surface area contributed by atoms with E-state index in [-0.39, 0.29) is 5.41 Å². The van der Waals surface area contributed by atoms with E-state index in [1.54, 1.807) is 0 Å². The van der Waals surface area contributed by atoms with Gasteiger partial charge in [-0.1, -0.05) is 20.8 Å². The molecule has 0 spiro atoms. The van der Waals surface area contributed by atoms with Gasteiger partial charge in [0.2, 0.25) is 5.91 Å². The van der Waals surface area contributed by atoms with Crippen LogP contribution in [0.4, 0.5) is 0 Å². The molecule has 1 N–H and O–H groups in total. The van der Waals surface area contributed by atoms with Crippen LogP contribution in [-0.4, -0.2) is 61.0 Å². The summed E-state index contributed by atoms with van der Waals surface area (Å²) in [6.07, 6.45) is 0.915. The van der Waals surface area contributed by atoms with E-state index in [4.69, 9.17) is 0 Å². The quantitative estimate of drug-likeness (QED) is 0.781. The summed E-state index contributed by atoms with van der Waals surface area (Å²) in [5, 5.41) is 3.30. The number of rotatable bonds is 3. The lowest BCUT2D eigenvalue weighted by molar-refractivity contribution is -0.142. The van der Waals surface area contributed by atoms with Gasteiger partial charge in [0, 0.05) is 50.7 Å². The van der Waals surface area contributed by atoms with Gasteiger partial charge in [-0.15, -0.1) is 0 Å². The fourth-order valence-corrected chi connectivity index (χ4v) is 2.40. The Hall–Kier alpha value is -0.610. The average Bonchev–Trinajstić information content (AvgIpc) is 2.27. The van der Waals surface area contributed by atoms with Gasteiger partial charge in [0.1, 0.15) is 0 Å². The van der Waals surface area contributed by atoms with Crippen molar-refractivity contribution in [3.63, 3.8) is 0 Å². The number of amides is 1. The van der Waals surface area contributed by atoms with Crippen LogP contribution in [0, 0.1) is 5.41 Å².